The summed E-state index contributed by atoms with van der Waals surface area (Å²) in [6.45, 7) is 1.95. The summed E-state index contributed by atoms with van der Waals surface area (Å²) in [6.07, 6.45) is 1.07. The second kappa shape index (κ2) is 10.1. The summed E-state index contributed by atoms with van der Waals surface area (Å²) in [6, 6.07) is 17.7. The van der Waals surface area contributed by atoms with E-state index >= 15 is 0 Å². The number of hydrogen-bond acceptors (Lipinski definition) is 3. The minimum atomic E-state index is -0.0985. The van der Waals surface area contributed by atoms with Crippen LogP contribution in [-0.2, 0) is 24.8 Å². The molecule has 0 aliphatic rings. The fourth-order valence-electron chi connectivity index (χ4n) is 3.37. The Bertz CT molecular complexity index is 965. The van der Waals surface area contributed by atoms with E-state index in [1.807, 2.05) is 42.5 Å². The summed E-state index contributed by atoms with van der Waals surface area (Å²) in [5.41, 5.74) is 8.51. The predicted molar refractivity (Wildman–Crippen MR) is 115 cm³/mol. The van der Waals surface area contributed by atoms with Gasteiger partial charge in [0.05, 0.1) is 11.0 Å². The van der Waals surface area contributed by atoms with E-state index < -0.39 is 0 Å². The van der Waals surface area contributed by atoms with Crippen molar-refractivity contribution in [3.63, 3.8) is 0 Å². The van der Waals surface area contributed by atoms with Crippen molar-refractivity contribution in [2.45, 2.75) is 19.4 Å². The lowest BCUT2D eigenvalue weighted by atomic mass is 10.1. The molecule has 2 N–H and O–H groups in total. The molecule has 150 valence electrons. The summed E-state index contributed by atoms with van der Waals surface area (Å²) in [7, 11) is 1.75. The van der Waals surface area contributed by atoms with Gasteiger partial charge >= 0.3 is 5.69 Å². The number of benzene rings is 2. The number of nitrogens with two attached hydrogens (primary N) is 1. The lowest BCUT2D eigenvalue weighted by Crippen LogP contribution is -2.37. The van der Waals surface area contributed by atoms with Gasteiger partial charge in [-0.3, -0.25) is 13.9 Å². The second-order valence-corrected chi connectivity index (χ2v) is 6.64. The third-order valence-electron chi connectivity index (χ3n) is 4.87. The molecule has 1 heterocycles. The highest BCUT2D eigenvalue weighted by atomic mass is 35.5. The number of halogens is 1. The van der Waals surface area contributed by atoms with E-state index in [-0.39, 0.29) is 30.4 Å². The van der Waals surface area contributed by atoms with Gasteiger partial charge in [0, 0.05) is 39.6 Å². The standard InChI is InChI=1S/C21H26N4O2.ClH/c1-23-18-9-5-6-10-19(18)25(21(23)27)15-12-20(26)24(16-13-22)14-11-17-7-3-2-4-8-17;/h2-10H,11-16,22H2,1H3;1H. The number of para-hydroxylation sites is 2. The summed E-state index contributed by atoms with van der Waals surface area (Å²) in [5.74, 6) is 0.0243. The Kier molecular flexibility index (Phi) is 7.84. The van der Waals surface area contributed by atoms with E-state index in [2.05, 4.69) is 12.1 Å². The Labute approximate surface area is 171 Å². The first-order chi connectivity index (χ1) is 13.1. The van der Waals surface area contributed by atoms with Crippen LogP contribution in [0, 0.1) is 0 Å². The molecule has 28 heavy (non-hydrogen) atoms. The van der Waals surface area contributed by atoms with Crippen LogP contribution in [0.3, 0.4) is 0 Å². The van der Waals surface area contributed by atoms with Gasteiger partial charge in [-0.05, 0) is 24.1 Å². The van der Waals surface area contributed by atoms with E-state index in [0.29, 0.717) is 26.2 Å². The first-order valence-corrected chi connectivity index (χ1v) is 9.28. The summed E-state index contributed by atoms with van der Waals surface area (Å²) in [4.78, 5) is 27.0. The van der Waals surface area contributed by atoms with Crippen molar-refractivity contribution in [2.75, 3.05) is 19.6 Å². The molecule has 7 heteroatoms. The van der Waals surface area contributed by atoms with Crippen LogP contribution in [0.2, 0.25) is 0 Å². The Morgan fingerprint density at radius 1 is 1.00 bits per heavy atom. The number of imidazole rings is 1. The van der Waals surface area contributed by atoms with Crippen LogP contribution in [0.4, 0.5) is 0 Å². The van der Waals surface area contributed by atoms with Gasteiger partial charge in [0.25, 0.3) is 0 Å². The van der Waals surface area contributed by atoms with Crippen molar-refractivity contribution >= 4 is 29.3 Å². The summed E-state index contributed by atoms with van der Waals surface area (Å²) in [5, 5.41) is 0. The minimum Gasteiger partial charge on any atom is -0.341 e. The number of fused-ring (bicyclic) bond motifs is 1. The average Bonchev–Trinajstić information content (AvgIpc) is 2.94. The maximum atomic E-state index is 12.7. The van der Waals surface area contributed by atoms with Crippen molar-refractivity contribution in [3.8, 4) is 0 Å². The quantitative estimate of drug-likeness (QED) is 0.627. The Hall–Kier alpha value is -2.57. The summed E-state index contributed by atoms with van der Waals surface area (Å²) >= 11 is 0. The maximum absolute atomic E-state index is 12.7. The fourth-order valence-corrected chi connectivity index (χ4v) is 3.37. The highest BCUT2D eigenvalue weighted by molar-refractivity contribution is 5.85. The number of aryl methyl sites for hydroxylation is 2. The third-order valence-corrected chi connectivity index (χ3v) is 4.87. The molecule has 0 radical (unpaired) electrons. The van der Waals surface area contributed by atoms with Gasteiger partial charge in [0.15, 0.2) is 0 Å². The van der Waals surface area contributed by atoms with E-state index in [4.69, 9.17) is 5.73 Å². The first kappa shape index (κ1) is 21.7. The molecule has 1 aromatic heterocycles. The van der Waals surface area contributed by atoms with Gasteiger partial charge in [0.1, 0.15) is 0 Å². The van der Waals surface area contributed by atoms with Gasteiger partial charge in [-0.2, -0.15) is 0 Å². The Morgan fingerprint density at radius 3 is 2.32 bits per heavy atom. The van der Waals surface area contributed by atoms with Crippen LogP contribution in [0.5, 0.6) is 0 Å². The molecule has 0 aliphatic heterocycles. The van der Waals surface area contributed by atoms with E-state index in [1.54, 1.807) is 21.1 Å². The van der Waals surface area contributed by atoms with Crippen LogP contribution < -0.4 is 11.4 Å². The zero-order valence-corrected chi connectivity index (χ0v) is 16.9. The van der Waals surface area contributed by atoms with E-state index in [1.165, 1.54) is 5.56 Å². The van der Waals surface area contributed by atoms with Crippen molar-refractivity contribution in [3.05, 3.63) is 70.6 Å². The maximum Gasteiger partial charge on any atom is 0.328 e. The van der Waals surface area contributed by atoms with Gasteiger partial charge in [-0.15, -0.1) is 12.4 Å². The highest BCUT2D eigenvalue weighted by Gasteiger charge is 2.15. The topological polar surface area (TPSA) is 73.3 Å². The van der Waals surface area contributed by atoms with E-state index in [9.17, 15) is 9.59 Å². The van der Waals surface area contributed by atoms with Crippen LogP contribution in [-0.4, -0.2) is 39.6 Å². The molecule has 1 amide bonds. The van der Waals surface area contributed by atoms with Crippen LogP contribution in [0.1, 0.15) is 12.0 Å². The highest BCUT2D eigenvalue weighted by Crippen LogP contribution is 2.12. The van der Waals surface area contributed by atoms with Crippen molar-refractivity contribution in [1.29, 1.82) is 0 Å². The number of nitrogens with zero attached hydrogens (tertiary/aromatic N) is 3. The zero-order chi connectivity index (χ0) is 19.2. The van der Waals surface area contributed by atoms with Crippen molar-refractivity contribution in [1.82, 2.24) is 14.0 Å². The van der Waals surface area contributed by atoms with Crippen LogP contribution in [0.25, 0.3) is 11.0 Å². The predicted octanol–water partition coefficient (Wildman–Crippen LogP) is 2.18. The van der Waals surface area contributed by atoms with Gasteiger partial charge in [0.2, 0.25) is 5.91 Å². The average molecular weight is 403 g/mol. The molecule has 2 aromatic carbocycles. The fraction of sp³-hybridized carbons (Fsp3) is 0.333. The molecule has 0 fully saturated rings. The lowest BCUT2D eigenvalue weighted by Gasteiger charge is -2.22. The number of rotatable bonds is 8. The molecule has 0 atom stereocenters. The molecule has 3 aromatic rings. The smallest absolute Gasteiger partial charge is 0.328 e. The Morgan fingerprint density at radius 2 is 1.64 bits per heavy atom. The monoisotopic (exact) mass is 402 g/mol. The van der Waals surface area contributed by atoms with Crippen molar-refractivity contribution < 1.29 is 4.79 Å². The molecular weight excluding hydrogens is 376 g/mol. The zero-order valence-electron chi connectivity index (χ0n) is 16.1. The van der Waals surface area contributed by atoms with E-state index in [0.717, 1.165) is 17.5 Å². The van der Waals surface area contributed by atoms with Crippen LogP contribution in [0.15, 0.2) is 59.4 Å². The van der Waals surface area contributed by atoms with Crippen LogP contribution >= 0.6 is 12.4 Å². The number of carbonyl (C=O) groups is 1. The molecule has 3 rings (SSSR count). The first-order valence-electron chi connectivity index (χ1n) is 9.28. The minimum absolute atomic E-state index is 0. The molecule has 0 bridgehead atoms. The SMILES string of the molecule is Cl.Cn1c(=O)n(CCC(=O)N(CCN)CCc2ccccc2)c2ccccc21. The summed E-state index contributed by atoms with van der Waals surface area (Å²) < 4.78 is 3.29. The normalized spacial score (nSPS) is 10.6. The molecule has 0 saturated carbocycles. The molecule has 0 unspecified atom stereocenters. The molecule has 6 nitrogen and oxygen atoms in total. The lowest BCUT2D eigenvalue weighted by molar-refractivity contribution is -0.131. The molecule has 0 spiro atoms. The largest absolute Gasteiger partial charge is 0.341 e. The number of aromatic nitrogens is 2. The number of amides is 1. The van der Waals surface area contributed by atoms with Gasteiger partial charge in [-0.1, -0.05) is 42.5 Å². The molecule has 0 saturated heterocycles. The number of hydrogen-bond donors (Lipinski definition) is 1. The number of carbonyl (C=O) groups excluding carboxylic acids is 1. The Balaban J connectivity index is 0.00000280. The molecule has 0 aliphatic carbocycles. The van der Waals surface area contributed by atoms with Crippen molar-refractivity contribution in [2.24, 2.45) is 12.8 Å². The van der Waals surface area contributed by atoms with Gasteiger partial charge in [-0.25, -0.2) is 4.79 Å². The molecular formula is C21H27ClN4O2. The van der Waals surface area contributed by atoms with Gasteiger partial charge < -0.3 is 10.6 Å². The third kappa shape index (κ3) is 4.82. The second-order valence-electron chi connectivity index (χ2n) is 6.64.